The molecule has 0 aromatic carbocycles. The molecule has 1 spiro atoms. The van der Waals surface area contributed by atoms with Crippen LogP contribution in [-0.4, -0.2) is 49.4 Å². The van der Waals surface area contributed by atoms with Crippen LogP contribution in [0.1, 0.15) is 25.7 Å². The quantitative estimate of drug-likeness (QED) is 0.826. The first-order valence-corrected chi connectivity index (χ1v) is 7.18. The summed E-state index contributed by atoms with van der Waals surface area (Å²) in [5.41, 5.74) is -0.0335. The highest BCUT2D eigenvalue weighted by Gasteiger charge is 2.40. The van der Waals surface area contributed by atoms with Gasteiger partial charge in [-0.25, -0.2) is 9.37 Å². The zero-order valence-corrected chi connectivity index (χ0v) is 12.1. The Labute approximate surface area is 118 Å². The highest BCUT2D eigenvalue weighted by atomic mass is 19.1. The van der Waals surface area contributed by atoms with Crippen molar-refractivity contribution in [3.05, 3.63) is 12.0 Å². The summed E-state index contributed by atoms with van der Waals surface area (Å²) in [5, 5.41) is 0. The summed E-state index contributed by atoms with van der Waals surface area (Å²) < 4.78 is 19.7. The molecule has 1 saturated heterocycles. The van der Waals surface area contributed by atoms with E-state index >= 15 is 0 Å². The molecule has 110 valence electrons. The van der Waals surface area contributed by atoms with Gasteiger partial charge in [-0.3, -0.25) is 0 Å². The molecular formula is C14H21FN4O. The average molecular weight is 280 g/mol. The van der Waals surface area contributed by atoms with E-state index in [1.165, 1.54) is 19.0 Å². The van der Waals surface area contributed by atoms with Crippen LogP contribution in [0.4, 0.5) is 16.2 Å². The number of morpholine rings is 1. The molecule has 1 aromatic heterocycles. The number of halogens is 1. The van der Waals surface area contributed by atoms with E-state index in [-0.39, 0.29) is 11.4 Å². The minimum Gasteiger partial charge on any atom is -0.371 e. The predicted molar refractivity (Wildman–Crippen MR) is 75.7 cm³/mol. The summed E-state index contributed by atoms with van der Waals surface area (Å²) in [6.07, 6.45) is 5.91. The molecule has 1 aliphatic heterocycles. The molecule has 0 N–H and O–H groups in total. The van der Waals surface area contributed by atoms with E-state index < -0.39 is 0 Å². The summed E-state index contributed by atoms with van der Waals surface area (Å²) in [7, 11) is 3.57. The fraction of sp³-hybridized carbons (Fsp3) is 0.714. The highest BCUT2D eigenvalue weighted by Crippen LogP contribution is 2.36. The van der Waals surface area contributed by atoms with E-state index in [1.54, 1.807) is 19.0 Å². The topological polar surface area (TPSA) is 41.5 Å². The van der Waals surface area contributed by atoms with Crippen LogP contribution in [0, 0.1) is 5.82 Å². The van der Waals surface area contributed by atoms with Crippen LogP contribution in [0.15, 0.2) is 6.20 Å². The molecule has 2 fully saturated rings. The van der Waals surface area contributed by atoms with Crippen molar-refractivity contribution in [2.75, 3.05) is 43.6 Å². The SMILES string of the molecule is CN(C)c1nc(N2CCOC3(CCCC3)C2)ncc1F. The van der Waals surface area contributed by atoms with Gasteiger partial charge in [-0.2, -0.15) is 4.98 Å². The third-order valence-electron chi connectivity index (χ3n) is 4.18. The molecule has 3 rings (SSSR count). The first-order valence-electron chi connectivity index (χ1n) is 7.18. The fourth-order valence-corrected chi connectivity index (χ4v) is 3.15. The van der Waals surface area contributed by atoms with Crippen molar-refractivity contribution in [3.8, 4) is 0 Å². The van der Waals surface area contributed by atoms with Crippen molar-refractivity contribution in [1.29, 1.82) is 0 Å². The maximum Gasteiger partial charge on any atom is 0.227 e. The summed E-state index contributed by atoms with van der Waals surface area (Å²) >= 11 is 0. The molecule has 2 heterocycles. The van der Waals surface area contributed by atoms with Gasteiger partial charge in [0.2, 0.25) is 5.95 Å². The van der Waals surface area contributed by atoms with Crippen molar-refractivity contribution in [2.45, 2.75) is 31.3 Å². The predicted octanol–water partition coefficient (Wildman–Crippen LogP) is 1.83. The number of hydrogen-bond donors (Lipinski definition) is 0. The normalized spacial score (nSPS) is 21.4. The first-order chi connectivity index (χ1) is 9.60. The molecule has 2 aliphatic rings. The zero-order valence-electron chi connectivity index (χ0n) is 12.1. The van der Waals surface area contributed by atoms with Gasteiger partial charge in [0.15, 0.2) is 11.6 Å². The average Bonchev–Trinajstić information content (AvgIpc) is 2.87. The van der Waals surface area contributed by atoms with Gasteiger partial charge in [-0.15, -0.1) is 0 Å². The van der Waals surface area contributed by atoms with E-state index in [2.05, 4.69) is 14.9 Å². The number of hydrogen-bond acceptors (Lipinski definition) is 5. The molecule has 20 heavy (non-hydrogen) atoms. The molecule has 0 atom stereocenters. The molecule has 0 amide bonds. The standard InChI is InChI=1S/C14H21FN4O/c1-18(2)12-11(15)9-16-13(17-12)19-7-8-20-14(10-19)5-3-4-6-14/h9H,3-8,10H2,1-2H3. The number of aromatic nitrogens is 2. The van der Waals surface area contributed by atoms with E-state index in [4.69, 9.17) is 4.74 Å². The van der Waals surface area contributed by atoms with Gasteiger partial charge in [0.25, 0.3) is 0 Å². The van der Waals surface area contributed by atoms with Gasteiger partial charge in [-0.05, 0) is 12.8 Å². The molecule has 6 heteroatoms. The van der Waals surface area contributed by atoms with E-state index in [0.717, 1.165) is 25.9 Å². The van der Waals surface area contributed by atoms with Crippen molar-refractivity contribution in [1.82, 2.24) is 9.97 Å². The number of rotatable bonds is 2. The Kier molecular flexibility index (Phi) is 3.50. The van der Waals surface area contributed by atoms with E-state index in [1.807, 2.05) is 0 Å². The number of anilines is 2. The monoisotopic (exact) mass is 280 g/mol. The third-order valence-corrected chi connectivity index (χ3v) is 4.18. The Bertz CT molecular complexity index is 488. The third kappa shape index (κ3) is 2.44. The van der Waals surface area contributed by atoms with Gasteiger partial charge in [0.05, 0.1) is 18.4 Å². The smallest absolute Gasteiger partial charge is 0.227 e. The largest absolute Gasteiger partial charge is 0.371 e. The van der Waals surface area contributed by atoms with Crippen molar-refractivity contribution < 1.29 is 9.13 Å². The molecule has 0 radical (unpaired) electrons. The first kappa shape index (κ1) is 13.5. The van der Waals surface area contributed by atoms with Crippen LogP contribution in [0.3, 0.4) is 0 Å². The molecule has 1 saturated carbocycles. The Morgan fingerprint density at radius 2 is 2.10 bits per heavy atom. The van der Waals surface area contributed by atoms with Crippen LogP contribution >= 0.6 is 0 Å². The van der Waals surface area contributed by atoms with Gasteiger partial charge < -0.3 is 14.5 Å². The van der Waals surface area contributed by atoms with E-state index in [0.29, 0.717) is 18.4 Å². The Morgan fingerprint density at radius 3 is 2.80 bits per heavy atom. The lowest BCUT2D eigenvalue weighted by molar-refractivity contribution is -0.0505. The second-order valence-electron chi connectivity index (χ2n) is 5.90. The fourth-order valence-electron chi connectivity index (χ4n) is 3.15. The zero-order chi connectivity index (χ0) is 14.2. The van der Waals surface area contributed by atoms with Crippen LogP contribution in [-0.2, 0) is 4.74 Å². The molecule has 0 bridgehead atoms. The minimum absolute atomic E-state index is 0.0335. The molecular weight excluding hydrogens is 259 g/mol. The summed E-state index contributed by atoms with van der Waals surface area (Å²) in [4.78, 5) is 12.3. The van der Waals surface area contributed by atoms with Crippen molar-refractivity contribution in [2.24, 2.45) is 0 Å². The second-order valence-corrected chi connectivity index (χ2v) is 5.90. The Morgan fingerprint density at radius 1 is 1.35 bits per heavy atom. The second kappa shape index (κ2) is 5.16. The summed E-state index contributed by atoms with van der Waals surface area (Å²) in [6.45, 7) is 2.27. The van der Waals surface area contributed by atoms with Gasteiger partial charge in [-0.1, -0.05) is 12.8 Å². The Balaban J connectivity index is 1.83. The lowest BCUT2D eigenvalue weighted by Crippen LogP contribution is -2.51. The Hall–Kier alpha value is -1.43. The van der Waals surface area contributed by atoms with E-state index in [9.17, 15) is 4.39 Å². The van der Waals surface area contributed by atoms with Crippen LogP contribution < -0.4 is 9.80 Å². The van der Waals surface area contributed by atoms with Gasteiger partial charge in [0, 0.05) is 27.2 Å². The van der Waals surface area contributed by atoms with Crippen molar-refractivity contribution in [3.63, 3.8) is 0 Å². The van der Waals surface area contributed by atoms with Crippen LogP contribution in [0.2, 0.25) is 0 Å². The maximum absolute atomic E-state index is 13.7. The van der Waals surface area contributed by atoms with Crippen molar-refractivity contribution >= 4 is 11.8 Å². The maximum atomic E-state index is 13.7. The summed E-state index contributed by atoms with van der Waals surface area (Å²) in [6, 6.07) is 0. The lowest BCUT2D eigenvalue weighted by Gasteiger charge is -2.40. The lowest BCUT2D eigenvalue weighted by atomic mass is 10.00. The van der Waals surface area contributed by atoms with Gasteiger partial charge in [0.1, 0.15) is 0 Å². The highest BCUT2D eigenvalue weighted by molar-refractivity contribution is 5.44. The molecule has 5 nitrogen and oxygen atoms in total. The number of nitrogens with zero attached hydrogens (tertiary/aromatic N) is 4. The molecule has 1 aliphatic carbocycles. The number of ether oxygens (including phenoxy) is 1. The van der Waals surface area contributed by atoms with Gasteiger partial charge >= 0.3 is 0 Å². The molecule has 0 unspecified atom stereocenters. The summed E-state index contributed by atoms with van der Waals surface area (Å²) in [5.74, 6) is 0.550. The molecule has 1 aromatic rings. The van der Waals surface area contributed by atoms with Crippen LogP contribution in [0.25, 0.3) is 0 Å². The van der Waals surface area contributed by atoms with Crippen LogP contribution in [0.5, 0.6) is 0 Å². The minimum atomic E-state index is -0.386.